The van der Waals surface area contributed by atoms with Crippen molar-refractivity contribution >= 4 is 17.2 Å². The minimum atomic E-state index is 0.300. The molecule has 2 aromatic rings. The third-order valence-corrected chi connectivity index (χ3v) is 7.22. The van der Waals surface area contributed by atoms with Crippen LogP contribution in [0.1, 0.15) is 48.6 Å². The molecule has 0 aliphatic carbocycles. The van der Waals surface area contributed by atoms with Gasteiger partial charge in [-0.3, -0.25) is 9.69 Å². The summed E-state index contributed by atoms with van der Waals surface area (Å²) < 4.78 is 5.63. The Hall–Kier alpha value is -1.85. The van der Waals surface area contributed by atoms with E-state index in [-0.39, 0.29) is 0 Å². The Morgan fingerprint density at radius 1 is 1.14 bits per heavy atom. The van der Waals surface area contributed by atoms with Crippen molar-refractivity contribution in [2.24, 2.45) is 0 Å². The maximum absolute atomic E-state index is 12.7. The summed E-state index contributed by atoms with van der Waals surface area (Å²) >= 11 is 1.90. The van der Waals surface area contributed by atoms with Gasteiger partial charge in [-0.25, -0.2) is 0 Å². The number of rotatable bonds is 7. The highest BCUT2D eigenvalue weighted by molar-refractivity contribution is 7.10. The van der Waals surface area contributed by atoms with E-state index < -0.39 is 0 Å². The van der Waals surface area contributed by atoms with Crippen LogP contribution in [0.5, 0.6) is 5.75 Å². The summed E-state index contributed by atoms with van der Waals surface area (Å²) in [4.78, 5) is 19.0. The van der Waals surface area contributed by atoms with Crippen LogP contribution in [-0.2, 0) is 24.2 Å². The average Bonchev–Trinajstić information content (AvgIpc) is 3.25. The maximum atomic E-state index is 12.7. The molecule has 0 spiro atoms. The summed E-state index contributed by atoms with van der Waals surface area (Å²) in [5.41, 5.74) is 2.72. The Bertz CT molecular complexity index is 793. The molecule has 29 heavy (non-hydrogen) atoms. The van der Waals surface area contributed by atoms with Crippen LogP contribution >= 0.6 is 11.3 Å². The quantitative estimate of drug-likeness (QED) is 0.670. The first kappa shape index (κ1) is 20.4. The Morgan fingerprint density at radius 3 is 2.69 bits per heavy atom. The molecule has 2 aliphatic heterocycles. The fourth-order valence-electron chi connectivity index (χ4n) is 4.44. The topological polar surface area (TPSA) is 32.8 Å². The zero-order chi connectivity index (χ0) is 20.1. The van der Waals surface area contributed by atoms with Crippen molar-refractivity contribution in [1.82, 2.24) is 9.80 Å². The molecular formula is C24H32N2O2S. The van der Waals surface area contributed by atoms with Gasteiger partial charge in [0.2, 0.25) is 5.91 Å². The second-order valence-corrected chi connectivity index (χ2v) is 9.19. The molecule has 1 aromatic carbocycles. The number of nitrogens with zero attached hydrogens (tertiary/aromatic N) is 2. The summed E-state index contributed by atoms with van der Waals surface area (Å²) in [6, 6.07) is 11.1. The number of carbonyl (C=O) groups is 1. The van der Waals surface area contributed by atoms with Crippen LogP contribution < -0.4 is 4.74 Å². The molecular weight excluding hydrogens is 380 g/mol. The number of aryl methyl sites for hydroxylation is 1. The van der Waals surface area contributed by atoms with Crippen molar-refractivity contribution in [2.45, 2.75) is 58.0 Å². The summed E-state index contributed by atoms with van der Waals surface area (Å²) in [6.45, 7) is 6.93. The van der Waals surface area contributed by atoms with E-state index in [0.29, 0.717) is 18.4 Å². The average molecular weight is 413 g/mol. The Labute approximate surface area is 178 Å². The molecule has 1 saturated heterocycles. The fraction of sp³-hybridized carbons (Fsp3) is 0.542. The van der Waals surface area contributed by atoms with Gasteiger partial charge in [0.25, 0.3) is 0 Å². The maximum Gasteiger partial charge on any atom is 0.222 e. The van der Waals surface area contributed by atoms with Crippen LogP contribution in [-0.4, -0.2) is 48.0 Å². The summed E-state index contributed by atoms with van der Waals surface area (Å²) in [6.07, 6.45) is 5.82. The highest BCUT2D eigenvalue weighted by Gasteiger charge is 2.29. The second-order valence-electron chi connectivity index (χ2n) is 8.19. The standard InChI is InChI=1S/C24H32N2O2S/c1-2-16-28-22-6-3-19(4-7-22)5-8-24(27)25-13-9-21(10-14-25)26-15-11-23-20(18-26)12-17-29-23/h3-4,6-7,12,17,21H,2,5,8-11,13-16,18H2,1H3. The molecule has 156 valence electrons. The molecule has 5 heteroatoms. The number of carbonyl (C=O) groups excluding carboxylic acids is 1. The normalized spacial score (nSPS) is 17.9. The molecule has 2 aliphatic rings. The van der Waals surface area contributed by atoms with Crippen LogP contribution in [0.2, 0.25) is 0 Å². The lowest BCUT2D eigenvalue weighted by Crippen LogP contribution is -2.47. The number of likely N-dealkylation sites (tertiary alicyclic amines) is 1. The van der Waals surface area contributed by atoms with Gasteiger partial charge in [0.05, 0.1) is 6.61 Å². The number of amides is 1. The number of hydrogen-bond donors (Lipinski definition) is 0. The lowest BCUT2D eigenvalue weighted by Gasteiger charge is -2.40. The van der Waals surface area contributed by atoms with Crippen molar-refractivity contribution in [3.63, 3.8) is 0 Å². The molecule has 4 rings (SSSR count). The fourth-order valence-corrected chi connectivity index (χ4v) is 5.33. The van der Waals surface area contributed by atoms with Gasteiger partial charge < -0.3 is 9.64 Å². The third-order valence-electron chi connectivity index (χ3n) is 6.19. The van der Waals surface area contributed by atoms with Crippen molar-refractivity contribution in [1.29, 1.82) is 0 Å². The second kappa shape index (κ2) is 9.77. The molecule has 0 bridgehead atoms. The zero-order valence-corrected chi connectivity index (χ0v) is 18.3. The largest absolute Gasteiger partial charge is 0.494 e. The Kier molecular flexibility index (Phi) is 6.88. The molecule has 0 N–H and O–H groups in total. The van der Waals surface area contributed by atoms with Gasteiger partial charge in [0.1, 0.15) is 5.75 Å². The summed E-state index contributed by atoms with van der Waals surface area (Å²) in [5, 5.41) is 2.22. The predicted molar refractivity (Wildman–Crippen MR) is 119 cm³/mol. The van der Waals surface area contributed by atoms with Gasteiger partial charge in [-0.1, -0.05) is 19.1 Å². The summed E-state index contributed by atoms with van der Waals surface area (Å²) in [7, 11) is 0. The monoisotopic (exact) mass is 412 g/mol. The minimum Gasteiger partial charge on any atom is -0.494 e. The highest BCUT2D eigenvalue weighted by atomic mass is 32.1. The molecule has 0 radical (unpaired) electrons. The summed E-state index contributed by atoms with van der Waals surface area (Å²) in [5.74, 6) is 1.21. The molecule has 4 nitrogen and oxygen atoms in total. The number of hydrogen-bond acceptors (Lipinski definition) is 4. The van der Waals surface area contributed by atoms with Crippen molar-refractivity contribution in [3.05, 3.63) is 51.7 Å². The molecule has 0 saturated carbocycles. The number of fused-ring (bicyclic) bond motifs is 1. The van der Waals surface area contributed by atoms with Crippen LogP contribution in [0.3, 0.4) is 0 Å². The first-order valence-electron chi connectivity index (χ1n) is 11.0. The molecule has 1 aromatic heterocycles. The Morgan fingerprint density at radius 2 is 1.93 bits per heavy atom. The highest BCUT2D eigenvalue weighted by Crippen LogP contribution is 2.28. The molecule has 1 amide bonds. The van der Waals surface area contributed by atoms with Gasteiger partial charge in [-0.2, -0.15) is 0 Å². The van der Waals surface area contributed by atoms with Crippen LogP contribution in [0.4, 0.5) is 0 Å². The number of benzene rings is 1. The number of piperidine rings is 1. The smallest absolute Gasteiger partial charge is 0.222 e. The number of ether oxygens (including phenoxy) is 1. The zero-order valence-electron chi connectivity index (χ0n) is 17.4. The third kappa shape index (κ3) is 5.20. The molecule has 3 heterocycles. The van der Waals surface area contributed by atoms with Crippen LogP contribution in [0.25, 0.3) is 0 Å². The number of thiophene rings is 1. The van der Waals surface area contributed by atoms with E-state index in [1.165, 1.54) is 24.1 Å². The van der Waals surface area contributed by atoms with Gasteiger partial charge in [0, 0.05) is 43.5 Å². The van der Waals surface area contributed by atoms with E-state index in [9.17, 15) is 4.79 Å². The van der Waals surface area contributed by atoms with Crippen LogP contribution in [0.15, 0.2) is 35.7 Å². The lowest BCUT2D eigenvalue weighted by atomic mass is 9.99. The lowest BCUT2D eigenvalue weighted by molar-refractivity contribution is -0.132. The molecule has 1 fully saturated rings. The SMILES string of the molecule is CCCOc1ccc(CCC(=O)N2CCC(N3CCc4sccc4C3)CC2)cc1. The first-order valence-corrected chi connectivity index (χ1v) is 11.9. The van der Waals surface area contributed by atoms with Gasteiger partial charge in [-0.15, -0.1) is 11.3 Å². The van der Waals surface area contributed by atoms with Crippen molar-refractivity contribution < 1.29 is 9.53 Å². The molecule has 0 unspecified atom stereocenters. The van der Waals surface area contributed by atoms with Crippen molar-refractivity contribution in [2.75, 3.05) is 26.2 Å². The first-order chi connectivity index (χ1) is 14.2. The van der Waals surface area contributed by atoms with Crippen LogP contribution in [0, 0.1) is 0 Å². The Balaban J connectivity index is 1.20. The van der Waals surface area contributed by atoms with Crippen molar-refractivity contribution in [3.8, 4) is 5.75 Å². The van der Waals surface area contributed by atoms with E-state index in [1.54, 1.807) is 4.88 Å². The van der Waals surface area contributed by atoms with E-state index in [2.05, 4.69) is 40.3 Å². The minimum absolute atomic E-state index is 0.300. The van der Waals surface area contributed by atoms with E-state index in [4.69, 9.17) is 4.74 Å². The van der Waals surface area contributed by atoms with Gasteiger partial charge >= 0.3 is 0 Å². The molecule has 0 atom stereocenters. The van der Waals surface area contributed by atoms with Gasteiger partial charge in [-0.05, 0) is 66.8 Å². The van der Waals surface area contributed by atoms with Gasteiger partial charge in [0.15, 0.2) is 0 Å². The van der Waals surface area contributed by atoms with E-state index >= 15 is 0 Å². The van der Waals surface area contributed by atoms with E-state index in [1.807, 2.05) is 23.5 Å². The van der Waals surface area contributed by atoms with E-state index in [0.717, 1.165) is 57.7 Å². The predicted octanol–water partition coefficient (Wildman–Crippen LogP) is 4.52.